The van der Waals surface area contributed by atoms with Crippen LogP contribution in [0.25, 0.3) is 0 Å². The maximum atomic E-state index is 12.2. The van der Waals surface area contributed by atoms with Gasteiger partial charge in [0.2, 0.25) is 0 Å². The molecule has 0 aromatic heterocycles. The molecule has 0 aliphatic carbocycles. The van der Waals surface area contributed by atoms with Crippen molar-refractivity contribution < 1.29 is 32.3 Å². The maximum Gasteiger partial charge on any atom is 0.471 e. The van der Waals surface area contributed by atoms with E-state index < -0.39 is 35.6 Å². The summed E-state index contributed by atoms with van der Waals surface area (Å²) in [6, 6.07) is -1.37. The fourth-order valence-electron chi connectivity index (χ4n) is 1.69. The lowest BCUT2D eigenvalue weighted by atomic mass is 10.0. The molecule has 1 rings (SSSR count). The molecule has 1 heterocycles. The highest BCUT2D eigenvalue weighted by Gasteiger charge is 2.42. The van der Waals surface area contributed by atoms with E-state index in [1.165, 1.54) is 0 Å². The zero-order chi connectivity index (χ0) is 16.4. The normalized spacial score (nSPS) is 20.2. The van der Waals surface area contributed by atoms with E-state index in [1.807, 2.05) is 0 Å². The third-order valence-electron chi connectivity index (χ3n) is 2.63. The lowest BCUT2D eigenvalue weighted by molar-refractivity contribution is -0.175. The van der Waals surface area contributed by atoms with Crippen molar-refractivity contribution in [2.45, 2.75) is 45.0 Å². The summed E-state index contributed by atoms with van der Waals surface area (Å²) in [6.07, 6.45) is -5.95. The van der Waals surface area contributed by atoms with E-state index in [0.717, 1.165) is 4.90 Å². The molecule has 9 heteroatoms. The molecule has 0 aromatic rings. The van der Waals surface area contributed by atoms with Crippen LogP contribution in [0.3, 0.4) is 0 Å². The van der Waals surface area contributed by atoms with Gasteiger partial charge in [0.25, 0.3) is 0 Å². The summed E-state index contributed by atoms with van der Waals surface area (Å²) in [5, 5.41) is 1.59. The highest BCUT2D eigenvalue weighted by Crippen LogP contribution is 2.17. The molecule has 0 saturated carbocycles. The zero-order valence-corrected chi connectivity index (χ0v) is 11.9. The molecule has 0 spiro atoms. The van der Waals surface area contributed by atoms with Gasteiger partial charge in [-0.3, -0.25) is 9.59 Å². The van der Waals surface area contributed by atoms with Crippen molar-refractivity contribution in [3.8, 4) is 0 Å². The Kier molecular flexibility index (Phi) is 4.85. The van der Waals surface area contributed by atoms with E-state index >= 15 is 0 Å². The molecule has 0 bridgehead atoms. The number of hydrogen-bond acceptors (Lipinski definition) is 4. The Bertz CT molecular complexity index is 443. The number of carbonyl (C=O) groups excluding carboxylic acids is 3. The molecule has 120 valence electrons. The minimum Gasteiger partial charge on any atom is -0.444 e. The molecule has 1 aliphatic heterocycles. The van der Waals surface area contributed by atoms with Crippen LogP contribution >= 0.6 is 0 Å². The van der Waals surface area contributed by atoms with Crippen molar-refractivity contribution >= 4 is 17.8 Å². The number of amides is 2. The Morgan fingerprint density at radius 3 is 2.33 bits per heavy atom. The number of halogens is 3. The van der Waals surface area contributed by atoms with Gasteiger partial charge in [-0.25, -0.2) is 4.79 Å². The molecule has 21 heavy (non-hydrogen) atoms. The summed E-state index contributed by atoms with van der Waals surface area (Å²) < 4.78 is 41.6. The van der Waals surface area contributed by atoms with Crippen LogP contribution in [0.5, 0.6) is 0 Å². The molecule has 6 nitrogen and oxygen atoms in total. The molecule has 0 radical (unpaired) electrons. The Hall–Kier alpha value is -1.80. The standard InChI is InChI=1S/C12H17F3N2O4/c1-11(2,3)21-10(20)17-5-4-8(18)7(6-17)16-9(19)12(13,14)15/h7H,4-6H2,1-3H3,(H,16,19). The third-order valence-corrected chi connectivity index (χ3v) is 2.63. The zero-order valence-electron chi connectivity index (χ0n) is 11.9. The topological polar surface area (TPSA) is 75.7 Å². The number of nitrogens with one attached hydrogen (secondary N) is 1. The van der Waals surface area contributed by atoms with Gasteiger partial charge in [0.05, 0.1) is 6.54 Å². The first-order valence-electron chi connectivity index (χ1n) is 6.28. The molecule has 2 amide bonds. The predicted octanol–water partition coefficient (Wildman–Crippen LogP) is 1.24. The van der Waals surface area contributed by atoms with Gasteiger partial charge in [0.15, 0.2) is 5.78 Å². The van der Waals surface area contributed by atoms with Crippen LogP contribution in [0, 0.1) is 0 Å². The van der Waals surface area contributed by atoms with Crippen LogP contribution in [0.4, 0.5) is 18.0 Å². The van der Waals surface area contributed by atoms with Gasteiger partial charge in [-0.2, -0.15) is 13.2 Å². The summed E-state index contributed by atoms with van der Waals surface area (Å²) in [4.78, 5) is 35.3. The molecule has 1 N–H and O–H groups in total. The SMILES string of the molecule is CC(C)(C)OC(=O)N1CCC(=O)C(NC(=O)C(F)(F)F)C1. The first-order chi connectivity index (χ1) is 9.40. The second-order valence-electron chi connectivity index (χ2n) is 5.67. The quantitative estimate of drug-likeness (QED) is 0.791. The van der Waals surface area contributed by atoms with E-state index in [2.05, 4.69) is 0 Å². The largest absolute Gasteiger partial charge is 0.471 e. The Morgan fingerprint density at radius 2 is 1.86 bits per heavy atom. The minimum absolute atomic E-state index is 0.0478. The van der Waals surface area contributed by atoms with Crippen LogP contribution in [0.15, 0.2) is 0 Å². The smallest absolute Gasteiger partial charge is 0.444 e. The van der Waals surface area contributed by atoms with Gasteiger partial charge >= 0.3 is 18.2 Å². The van der Waals surface area contributed by atoms with Crippen molar-refractivity contribution in [1.82, 2.24) is 10.2 Å². The first-order valence-corrected chi connectivity index (χ1v) is 6.28. The number of Topliss-reactive ketones (excluding diaryl/α,β-unsaturated/α-hetero) is 1. The van der Waals surface area contributed by atoms with Crippen molar-refractivity contribution in [2.24, 2.45) is 0 Å². The summed E-state index contributed by atoms with van der Waals surface area (Å²) in [5.74, 6) is -2.75. The van der Waals surface area contributed by atoms with Crippen LogP contribution in [-0.2, 0) is 14.3 Å². The second-order valence-corrected chi connectivity index (χ2v) is 5.67. The second kappa shape index (κ2) is 5.90. The number of nitrogens with zero attached hydrogens (tertiary/aromatic N) is 1. The van der Waals surface area contributed by atoms with Gasteiger partial charge in [0.1, 0.15) is 11.6 Å². The monoisotopic (exact) mass is 310 g/mol. The fraction of sp³-hybridized carbons (Fsp3) is 0.750. The molecule has 0 aromatic carbocycles. The Balaban J connectivity index is 2.68. The summed E-state index contributed by atoms with van der Waals surface area (Å²) in [7, 11) is 0. The summed E-state index contributed by atoms with van der Waals surface area (Å²) in [6.45, 7) is 4.64. The van der Waals surface area contributed by atoms with Crippen LogP contribution in [-0.4, -0.2) is 53.6 Å². The van der Waals surface area contributed by atoms with Gasteiger partial charge in [0, 0.05) is 13.0 Å². The van der Waals surface area contributed by atoms with Crippen LogP contribution in [0.2, 0.25) is 0 Å². The van der Waals surface area contributed by atoms with Gasteiger partial charge in [-0.1, -0.05) is 0 Å². The Morgan fingerprint density at radius 1 is 1.29 bits per heavy atom. The number of likely N-dealkylation sites (tertiary alicyclic amines) is 1. The maximum absolute atomic E-state index is 12.2. The van der Waals surface area contributed by atoms with Gasteiger partial charge < -0.3 is 15.0 Å². The Labute approximate surface area is 119 Å². The van der Waals surface area contributed by atoms with Crippen molar-refractivity contribution in [3.63, 3.8) is 0 Å². The summed E-state index contributed by atoms with van der Waals surface area (Å²) in [5.41, 5.74) is -0.761. The highest BCUT2D eigenvalue weighted by molar-refractivity contribution is 5.92. The number of hydrogen-bond donors (Lipinski definition) is 1. The lowest BCUT2D eigenvalue weighted by Crippen LogP contribution is -2.57. The molecule has 1 unspecified atom stereocenters. The fourth-order valence-corrected chi connectivity index (χ4v) is 1.69. The summed E-state index contributed by atoms with van der Waals surface area (Å²) >= 11 is 0. The van der Waals surface area contributed by atoms with E-state index in [9.17, 15) is 27.6 Å². The molecule has 1 aliphatic rings. The minimum atomic E-state index is -5.07. The first kappa shape index (κ1) is 17.3. The van der Waals surface area contributed by atoms with Crippen molar-refractivity contribution in [1.29, 1.82) is 0 Å². The lowest BCUT2D eigenvalue weighted by Gasteiger charge is -2.33. The van der Waals surface area contributed by atoms with E-state index in [1.54, 1.807) is 26.1 Å². The molecular weight excluding hydrogens is 293 g/mol. The number of carbonyl (C=O) groups is 3. The third kappa shape index (κ3) is 5.24. The average Bonchev–Trinajstić information content (AvgIpc) is 2.28. The molecular formula is C12H17F3N2O4. The molecule has 1 saturated heterocycles. The number of rotatable bonds is 1. The van der Waals surface area contributed by atoms with Crippen LogP contribution in [0.1, 0.15) is 27.2 Å². The highest BCUT2D eigenvalue weighted by atomic mass is 19.4. The van der Waals surface area contributed by atoms with Gasteiger partial charge in [-0.05, 0) is 20.8 Å². The van der Waals surface area contributed by atoms with Crippen molar-refractivity contribution in [3.05, 3.63) is 0 Å². The van der Waals surface area contributed by atoms with E-state index in [4.69, 9.17) is 4.74 Å². The average molecular weight is 310 g/mol. The molecule has 1 fully saturated rings. The van der Waals surface area contributed by atoms with E-state index in [-0.39, 0.29) is 19.5 Å². The molecule has 1 atom stereocenters. The van der Waals surface area contributed by atoms with Crippen LogP contribution < -0.4 is 5.32 Å². The van der Waals surface area contributed by atoms with E-state index in [0.29, 0.717) is 0 Å². The number of alkyl halides is 3. The number of ketones is 1. The number of piperidine rings is 1. The number of ether oxygens (including phenoxy) is 1. The predicted molar refractivity (Wildman–Crippen MR) is 65.4 cm³/mol. The van der Waals surface area contributed by atoms with Crippen molar-refractivity contribution in [2.75, 3.05) is 13.1 Å². The van der Waals surface area contributed by atoms with Gasteiger partial charge in [-0.15, -0.1) is 0 Å².